The van der Waals surface area contributed by atoms with Crippen molar-refractivity contribution in [1.29, 1.82) is 0 Å². The summed E-state index contributed by atoms with van der Waals surface area (Å²) in [6.45, 7) is 0.762. The lowest BCUT2D eigenvalue weighted by Gasteiger charge is -2.33. The van der Waals surface area contributed by atoms with Gasteiger partial charge in [-0.1, -0.05) is 46.3 Å². The van der Waals surface area contributed by atoms with Crippen molar-refractivity contribution in [2.75, 3.05) is 26.2 Å². The van der Waals surface area contributed by atoms with E-state index in [1.165, 1.54) is 32.8 Å². The minimum Gasteiger partial charge on any atom is -0.336 e. The van der Waals surface area contributed by atoms with Crippen LogP contribution in [0.4, 0.5) is 4.39 Å². The Morgan fingerprint density at radius 3 is 2.37 bits per heavy atom. The Labute approximate surface area is 166 Å². The second-order valence-corrected chi connectivity index (χ2v) is 8.81. The molecule has 0 radical (unpaired) electrons. The molecule has 1 aliphatic heterocycles. The number of nitrogens with zero attached hydrogens (tertiary/aromatic N) is 2. The molecule has 142 valence electrons. The summed E-state index contributed by atoms with van der Waals surface area (Å²) in [5.74, 6) is -1.03. The normalized spacial score (nSPS) is 16.0. The number of carbonyl (C=O) groups is 1. The number of amides is 1. The maximum absolute atomic E-state index is 13.9. The van der Waals surface area contributed by atoms with E-state index in [2.05, 4.69) is 15.9 Å². The smallest absolute Gasteiger partial charge is 0.256 e. The fourth-order valence-electron chi connectivity index (χ4n) is 2.79. The van der Waals surface area contributed by atoms with Gasteiger partial charge in [-0.25, -0.2) is 12.8 Å². The Kier molecular flexibility index (Phi) is 6.08. The molecule has 2 aromatic carbocycles. The van der Waals surface area contributed by atoms with Crippen LogP contribution in [-0.4, -0.2) is 49.7 Å². The van der Waals surface area contributed by atoms with Crippen LogP contribution in [0.25, 0.3) is 6.08 Å². The van der Waals surface area contributed by atoms with Gasteiger partial charge in [-0.15, -0.1) is 0 Å². The molecule has 1 heterocycles. The van der Waals surface area contributed by atoms with Crippen molar-refractivity contribution in [2.24, 2.45) is 0 Å². The van der Waals surface area contributed by atoms with Crippen LogP contribution in [0.2, 0.25) is 0 Å². The monoisotopic (exact) mass is 452 g/mol. The Bertz CT molecular complexity index is 956. The molecule has 0 aromatic heterocycles. The molecule has 1 fully saturated rings. The number of sulfonamides is 1. The van der Waals surface area contributed by atoms with E-state index in [1.54, 1.807) is 6.08 Å². The summed E-state index contributed by atoms with van der Waals surface area (Å²) in [4.78, 5) is 14.0. The molecule has 5 nitrogen and oxygen atoms in total. The topological polar surface area (TPSA) is 57.7 Å². The summed E-state index contributed by atoms with van der Waals surface area (Å²) in [6, 6.07) is 13.3. The van der Waals surface area contributed by atoms with Crippen LogP contribution < -0.4 is 0 Å². The van der Waals surface area contributed by atoms with Crippen LogP contribution in [0.15, 0.2) is 58.4 Å². The molecule has 0 N–H and O–H groups in total. The molecule has 0 aliphatic carbocycles. The SMILES string of the molecule is O=C(c1cc(Br)ccc1F)N1CCN(S(=O)(=O)/C=C/c2ccccc2)CC1. The predicted molar refractivity (Wildman–Crippen MR) is 106 cm³/mol. The lowest BCUT2D eigenvalue weighted by Crippen LogP contribution is -2.50. The molecule has 1 amide bonds. The Morgan fingerprint density at radius 2 is 1.70 bits per heavy atom. The molecule has 1 aliphatic rings. The standard InChI is InChI=1S/C19H18BrFN2O3S/c20-16-6-7-18(21)17(14-16)19(24)22-9-11-23(12-10-22)27(25,26)13-8-15-4-2-1-3-5-15/h1-8,13-14H,9-12H2/b13-8+. The number of rotatable bonds is 4. The second-order valence-electron chi connectivity index (χ2n) is 6.07. The van der Waals surface area contributed by atoms with Gasteiger partial charge in [0.1, 0.15) is 5.82 Å². The van der Waals surface area contributed by atoms with Crippen LogP contribution in [0.5, 0.6) is 0 Å². The first kappa shape index (κ1) is 19.7. The van der Waals surface area contributed by atoms with Crippen molar-refractivity contribution in [3.63, 3.8) is 0 Å². The summed E-state index contributed by atoms with van der Waals surface area (Å²) < 4.78 is 40.8. The van der Waals surface area contributed by atoms with E-state index >= 15 is 0 Å². The molecule has 8 heteroatoms. The maximum Gasteiger partial charge on any atom is 0.256 e. The molecule has 0 saturated carbocycles. The highest BCUT2D eigenvalue weighted by molar-refractivity contribution is 9.10. The van der Waals surface area contributed by atoms with Gasteiger partial charge < -0.3 is 4.90 Å². The zero-order chi connectivity index (χ0) is 19.4. The average molecular weight is 453 g/mol. The van der Waals surface area contributed by atoms with E-state index in [0.717, 1.165) is 5.56 Å². The quantitative estimate of drug-likeness (QED) is 0.714. The second kappa shape index (κ2) is 8.33. The van der Waals surface area contributed by atoms with Crippen molar-refractivity contribution >= 4 is 37.9 Å². The first-order chi connectivity index (χ1) is 12.9. The maximum atomic E-state index is 13.9. The van der Waals surface area contributed by atoms with Gasteiger partial charge in [0.15, 0.2) is 0 Å². The van der Waals surface area contributed by atoms with Crippen molar-refractivity contribution in [2.45, 2.75) is 0 Å². The van der Waals surface area contributed by atoms with Crippen LogP contribution in [-0.2, 0) is 10.0 Å². The number of hydrogen-bond acceptors (Lipinski definition) is 3. The molecule has 2 aromatic rings. The highest BCUT2D eigenvalue weighted by Crippen LogP contribution is 2.19. The first-order valence-corrected chi connectivity index (χ1v) is 10.6. The van der Waals surface area contributed by atoms with E-state index in [1.807, 2.05) is 30.3 Å². The number of halogens is 2. The van der Waals surface area contributed by atoms with E-state index < -0.39 is 21.7 Å². The highest BCUT2D eigenvalue weighted by Gasteiger charge is 2.28. The van der Waals surface area contributed by atoms with Gasteiger partial charge in [0.05, 0.1) is 5.56 Å². The zero-order valence-corrected chi connectivity index (χ0v) is 16.8. The van der Waals surface area contributed by atoms with E-state index in [4.69, 9.17) is 0 Å². The number of carbonyl (C=O) groups excluding carboxylic acids is 1. The van der Waals surface area contributed by atoms with Crippen LogP contribution in [0.3, 0.4) is 0 Å². The molecule has 3 rings (SSSR count). The summed E-state index contributed by atoms with van der Waals surface area (Å²) in [6.07, 6.45) is 1.55. The third kappa shape index (κ3) is 4.82. The van der Waals surface area contributed by atoms with Crippen LogP contribution in [0, 0.1) is 5.82 Å². The van der Waals surface area contributed by atoms with E-state index in [0.29, 0.717) is 4.47 Å². The van der Waals surface area contributed by atoms with Crippen molar-refractivity contribution < 1.29 is 17.6 Å². The van der Waals surface area contributed by atoms with E-state index in [-0.39, 0.29) is 31.7 Å². The third-order valence-electron chi connectivity index (χ3n) is 4.28. The van der Waals surface area contributed by atoms with Gasteiger partial charge in [-0.3, -0.25) is 4.79 Å². The Morgan fingerprint density at radius 1 is 1.04 bits per heavy atom. The van der Waals surface area contributed by atoms with Gasteiger partial charge in [-0.05, 0) is 29.8 Å². The summed E-state index contributed by atoms with van der Waals surface area (Å²) in [7, 11) is -3.58. The van der Waals surface area contributed by atoms with Crippen LogP contribution in [0.1, 0.15) is 15.9 Å². The first-order valence-electron chi connectivity index (χ1n) is 8.34. The lowest BCUT2D eigenvalue weighted by atomic mass is 10.1. The molecule has 1 saturated heterocycles. The molecule has 0 atom stereocenters. The van der Waals surface area contributed by atoms with Crippen molar-refractivity contribution in [3.8, 4) is 0 Å². The zero-order valence-electron chi connectivity index (χ0n) is 14.4. The fraction of sp³-hybridized carbons (Fsp3) is 0.211. The van der Waals surface area contributed by atoms with E-state index in [9.17, 15) is 17.6 Å². The number of benzene rings is 2. The van der Waals surface area contributed by atoms with Gasteiger partial charge in [0, 0.05) is 36.1 Å². The van der Waals surface area contributed by atoms with Crippen molar-refractivity contribution in [3.05, 3.63) is 75.4 Å². The Hall–Kier alpha value is -2.03. The number of hydrogen-bond donors (Lipinski definition) is 0. The summed E-state index contributed by atoms with van der Waals surface area (Å²) in [5.41, 5.74) is 0.768. The third-order valence-corrected chi connectivity index (χ3v) is 6.33. The van der Waals surface area contributed by atoms with Gasteiger partial charge in [0.25, 0.3) is 5.91 Å². The Balaban J connectivity index is 1.65. The largest absolute Gasteiger partial charge is 0.336 e. The molecule has 0 spiro atoms. The van der Waals surface area contributed by atoms with Gasteiger partial charge >= 0.3 is 0 Å². The van der Waals surface area contributed by atoms with Crippen molar-refractivity contribution in [1.82, 2.24) is 9.21 Å². The van der Waals surface area contributed by atoms with Gasteiger partial charge in [-0.2, -0.15) is 4.31 Å². The molecular weight excluding hydrogens is 435 g/mol. The minimum atomic E-state index is -3.58. The molecule has 27 heavy (non-hydrogen) atoms. The molecule has 0 bridgehead atoms. The molecule has 0 unspecified atom stereocenters. The summed E-state index contributed by atoms with van der Waals surface area (Å²) in [5, 5.41) is 1.17. The fourth-order valence-corrected chi connectivity index (χ4v) is 4.33. The highest BCUT2D eigenvalue weighted by atomic mass is 79.9. The van der Waals surface area contributed by atoms with Crippen LogP contribution >= 0.6 is 15.9 Å². The predicted octanol–water partition coefficient (Wildman–Crippen LogP) is 3.35. The number of piperazine rings is 1. The average Bonchev–Trinajstić information content (AvgIpc) is 2.69. The lowest BCUT2D eigenvalue weighted by molar-refractivity contribution is 0.0694. The van der Waals surface area contributed by atoms with Gasteiger partial charge in [0.2, 0.25) is 10.0 Å². The minimum absolute atomic E-state index is 0.0235. The molecular formula is C19H18BrFN2O3S. The summed E-state index contributed by atoms with van der Waals surface area (Å²) >= 11 is 3.23.